The molecule has 5 nitrogen and oxygen atoms in total. The predicted octanol–water partition coefficient (Wildman–Crippen LogP) is 2.98. The number of aldehydes is 1. The normalized spacial score (nSPS) is 14.3. The van der Waals surface area contributed by atoms with Gasteiger partial charge in [-0.2, -0.15) is 0 Å². The molecule has 0 radical (unpaired) electrons. The van der Waals surface area contributed by atoms with E-state index < -0.39 is 17.2 Å². The van der Waals surface area contributed by atoms with Crippen LogP contribution in [0.25, 0.3) is 0 Å². The highest BCUT2D eigenvalue weighted by atomic mass is 35.5. The first-order valence-electron chi connectivity index (χ1n) is 6.18. The Morgan fingerprint density at radius 3 is 2.40 bits per heavy atom. The van der Waals surface area contributed by atoms with Crippen molar-refractivity contribution in [2.75, 3.05) is 0 Å². The molecule has 0 bridgehead atoms. The van der Waals surface area contributed by atoms with Gasteiger partial charge in [0.15, 0.2) is 0 Å². The average Bonchev–Trinajstić information content (AvgIpc) is 2.24. The van der Waals surface area contributed by atoms with E-state index in [-0.39, 0.29) is 5.15 Å². The summed E-state index contributed by atoms with van der Waals surface area (Å²) in [5.41, 5.74) is -0.651. The smallest absolute Gasteiger partial charge is 0.408 e. The Bertz CT molecular complexity index is 505. The SMILES string of the molecule is Cc1cc(C(C)(C=O)NC(=O)OC(C)(C)C)cc(Cl)n1. The molecule has 1 rings (SSSR count). The van der Waals surface area contributed by atoms with Crippen molar-refractivity contribution in [3.05, 3.63) is 28.5 Å². The molecule has 1 atom stereocenters. The molecular weight excluding hydrogens is 280 g/mol. The molecule has 6 heteroatoms. The minimum absolute atomic E-state index is 0.263. The van der Waals surface area contributed by atoms with Crippen molar-refractivity contribution in [3.63, 3.8) is 0 Å². The van der Waals surface area contributed by atoms with Gasteiger partial charge in [0.2, 0.25) is 0 Å². The van der Waals surface area contributed by atoms with Crippen LogP contribution in [0.5, 0.6) is 0 Å². The van der Waals surface area contributed by atoms with E-state index in [2.05, 4.69) is 10.3 Å². The van der Waals surface area contributed by atoms with E-state index in [0.717, 1.165) is 0 Å². The Kier molecular flexibility index (Phi) is 4.76. The van der Waals surface area contributed by atoms with E-state index in [4.69, 9.17) is 16.3 Å². The van der Waals surface area contributed by atoms with E-state index in [0.29, 0.717) is 17.5 Å². The second kappa shape index (κ2) is 5.79. The van der Waals surface area contributed by atoms with E-state index in [1.54, 1.807) is 46.8 Å². The number of aromatic nitrogens is 1. The molecule has 0 aliphatic rings. The molecule has 0 spiro atoms. The van der Waals surface area contributed by atoms with Crippen LogP contribution in [0.2, 0.25) is 5.15 Å². The highest BCUT2D eigenvalue weighted by Crippen LogP contribution is 2.22. The molecule has 0 fully saturated rings. The van der Waals surface area contributed by atoms with Gasteiger partial charge in [0.25, 0.3) is 0 Å². The van der Waals surface area contributed by atoms with Crippen LogP contribution in [0.4, 0.5) is 4.79 Å². The first-order chi connectivity index (χ1) is 9.05. The van der Waals surface area contributed by atoms with Crippen molar-refractivity contribution in [1.29, 1.82) is 0 Å². The van der Waals surface area contributed by atoms with Crippen LogP contribution < -0.4 is 5.32 Å². The average molecular weight is 299 g/mol. The fourth-order valence-corrected chi connectivity index (χ4v) is 1.86. The first kappa shape index (κ1) is 16.4. The van der Waals surface area contributed by atoms with Crippen molar-refractivity contribution >= 4 is 24.0 Å². The number of nitrogens with zero attached hydrogens (tertiary/aromatic N) is 1. The number of carbonyl (C=O) groups excluding carboxylic acids is 2. The Hall–Kier alpha value is -1.62. The minimum Gasteiger partial charge on any atom is -0.444 e. The maximum atomic E-state index is 11.8. The maximum Gasteiger partial charge on any atom is 0.408 e. The summed E-state index contributed by atoms with van der Waals surface area (Å²) in [6.07, 6.45) is -0.0279. The Morgan fingerprint density at radius 2 is 1.95 bits per heavy atom. The van der Waals surface area contributed by atoms with Crippen LogP contribution in [0.15, 0.2) is 12.1 Å². The largest absolute Gasteiger partial charge is 0.444 e. The number of alkyl carbamates (subject to hydrolysis) is 1. The van der Waals surface area contributed by atoms with Crippen molar-refractivity contribution in [1.82, 2.24) is 10.3 Å². The molecular formula is C14H19ClN2O3. The van der Waals surface area contributed by atoms with Gasteiger partial charge in [-0.25, -0.2) is 9.78 Å². The number of amides is 1. The zero-order chi connectivity index (χ0) is 15.6. The summed E-state index contributed by atoms with van der Waals surface area (Å²) < 4.78 is 5.16. The Morgan fingerprint density at radius 1 is 1.35 bits per heavy atom. The van der Waals surface area contributed by atoms with E-state index in [1.165, 1.54) is 0 Å². The van der Waals surface area contributed by atoms with Crippen molar-refractivity contribution in [2.24, 2.45) is 0 Å². The summed E-state index contributed by atoms with van der Waals surface area (Å²) in [7, 11) is 0. The topological polar surface area (TPSA) is 68.3 Å². The number of halogens is 1. The Labute approximate surface area is 123 Å². The lowest BCUT2D eigenvalue weighted by molar-refractivity contribution is -0.113. The van der Waals surface area contributed by atoms with Crippen LogP contribution >= 0.6 is 11.6 Å². The van der Waals surface area contributed by atoms with Crippen LogP contribution in [-0.4, -0.2) is 23.0 Å². The van der Waals surface area contributed by atoms with Gasteiger partial charge < -0.3 is 14.8 Å². The molecule has 1 amide bonds. The number of ether oxygens (including phenoxy) is 1. The second-order valence-corrected chi connectivity index (χ2v) is 6.15. The molecule has 0 aliphatic heterocycles. The van der Waals surface area contributed by atoms with Crippen LogP contribution in [0, 0.1) is 6.92 Å². The monoisotopic (exact) mass is 298 g/mol. The standard InChI is InChI=1S/C14H19ClN2O3/c1-9-6-10(7-11(15)16-9)14(5,8-18)17-12(19)20-13(2,3)4/h6-8H,1-5H3,(H,17,19). The quantitative estimate of drug-likeness (QED) is 0.688. The van der Waals surface area contributed by atoms with Crippen molar-refractivity contribution < 1.29 is 14.3 Å². The van der Waals surface area contributed by atoms with Crippen LogP contribution in [-0.2, 0) is 15.1 Å². The van der Waals surface area contributed by atoms with Crippen molar-refractivity contribution in [3.8, 4) is 0 Å². The molecule has 0 saturated heterocycles. The molecule has 1 N–H and O–H groups in total. The number of rotatable bonds is 3. The second-order valence-electron chi connectivity index (χ2n) is 5.77. The van der Waals surface area contributed by atoms with Crippen LogP contribution in [0.1, 0.15) is 39.0 Å². The van der Waals surface area contributed by atoms with Gasteiger partial charge in [0, 0.05) is 5.69 Å². The van der Waals surface area contributed by atoms with Gasteiger partial charge in [-0.15, -0.1) is 0 Å². The van der Waals surface area contributed by atoms with Gasteiger partial charge in [-0.3, -0.25) is 0 Å². The number of nitrogens with one attached hydrogen (secondary N) is 1. The fourth-order valence-electron chi connectivity index (χ4n) is 1.61. The number of hydrogen-bond acceptors (Lipinski definition) is 4. The zero-order valence-corrected chi connectivity index (χ0v) is 13.0. The first-order valence-corrected chi connectivity index (χ1v) is 6.56. The molecule has 110 valence electrons. The van der Waals surface area contributed by atoms with E-state index in [9.17, 15) is 9.59 Å². The minimum atomic E-state index is -1.22. The molecule has 1 unspecified atom stereocenters. The molecule has 0 aromatic carbocycles. The lowest BCUT2D eigenvalue weighted by Gasteiger charge is -2.28. The fraction of sp³-hybridized carbons (Fsp3) is 0.500. The van der Waals surface area contributed by atoms with Gasteiger partial charge in [-0.05, 0) is 52.3 Å². The zero-order valence-electron chi connectivity index (χ0n) is 12.3. The summed E-state index contributed by atoms with van der Waals surface area (Å²) in [5, 5.41) is 2.82. The van der Waals surface area contributed by atoms with Gasteiger partial charge in [0.1, 0.15) is 22.6 Å². The highest BCUT2D eigenvalue weighted by Gasteiger charge is 2.31. The molecule has 0 saturated carbocycles. The maximum absolute atomic E-state index is 11.8. The summed E-state index contributed by atoms with van der Waals surface area (Å²) in [6.45, 7) is 8.58. The number of carbonyl (C=O) groups is 2. The molecule has 1 aromatic rings. The summed E-state index contributed by atoms with van der Waals surface area (Å²) in [4.78, 5) is 27.3. The lowest BCUT2D eigenvalue weighted by Crippen LogP contribution is -2.47. The van der Waals surface area contributed by atoms with Crippen LogP contribution in [0.3, 0.4) is 0 Å². The van der Waals surface area contributed by atoms with Gasteiger partial charge in [-0.1, -0.05) is 11.6 Å². The number of hydrogen-bond donors (Lipinski definition) is 1. The summed E-state index contributed by atoms with van der Waals surface area (Å²) in [5.74, 6) is 0. The molecule has 0 aliphatic carbocycles. The summed E-state index contributed by atoms with van der Waals surface area (Å²) in [6, 6.07) is 3.23. The van der Waals surface area contributed by atoms with Crippen molar-refractivity contribution in [2.45, 2.75) is 45.8 Å². The number of pyridine rings is 1. The Balaban J connectivity index is 3.02. The molecule has 20 heavy (non-hydrogen) atoms. The summed E-state index contributed by atoms with van der Waals surface area (Å²) >= 11 is 5.89. The van der Waals surface area contributed by atoms with E-state index >= 15 is 0 Å². The number of aryl methyl sites for hydroxylation is 1. The highest BCUT2D eigenvalue weighted by molar-refractivity contribution is 6.29. The predicted molar refractivity (Wildman–Crippen MR) is 76.8 cm³/mol. The molecule has 1 aromatic heterocycles. The van der Waals surface area contributed by atoms with E-state index in [1.807, 2.05) is 0 Å². The van der Waals surface area contributed by atoms with Gasteiger partial charge >= 0.3 is 6.09 Å². The molecule has 1 heterocycles. The third kappa shape index (κ3) is 4.49. The lowest BCUT2D eigenvalue weighted by atomic mass is 9.94. The van der Waals surface area contributed by atoms with Gasteiger partial charge in [0.05, 0.1) is 0 Å². The third-order valence-electron chi connectivity index (χ3n) is 2.52. The third-order valence-corrected chi connectivity index (χ3v) is 2.71.